The molecule has 0 radical (unpaired) electrons. The largest absolute Gasteiger partial charge is 0.359 e. The van der Waals surface area contributed by atoms with Crippen molar-refractivity contribution in [3.63, 3.8) is 0 Å². The maximum atomic E-state index is 11.5. The number of benzene rings is 1. The van der Waals surface area contributed by atoms with Gasteiger partial charge < -0.3 is 20.5 Å². The number of hydrogen-bond donors (Lipinski definition) is 3. The van der Waals surface area contributed by atoms with Gasteiger partial charge in [0.2, 0.25) is 5.91 Å². The highest BCUT2D eigenvalue weighted by atomic mass is 127. The SMILES string of the molecule is CN=C(NCc1cc2ccccc2[nH]1)N1CCC(CC(=O)NC)CC1.I. The third kappa shape index (κ3) is 5.12. The molecule has 0 unspecified atom stereocenters. The first kappa shape index (κ1) is 20.5. The van der Waals surface area contributed by atoms with Crippen LogP contribution in [0.25, 0.3) is 10.9 Å². The molecule has 0 atom stereocenters. The third-order valence-electron chi connectivity index (χ3n) is 4.90. The molecule has 3 rings (SSSR count). The first-order valence-corrected chi connectivity index (χ1v) is 8.92. The van der Waals surface area contributed by atoms with E-state index in [9.17, 15) is 4.79 Å². The summed E-state index contributed by atoms with van der Waals surface area (Å²) in [7, 11) is 3.53. The molecule has 2 aromatic rings. The van der Waals surface area contributed by atoms with Crippen LogP contribution in [0, 0.1) is 5.92 Å². The zero-order valence-electron chi connectivity index (χ0n) is 15.4. The Hall–Kier alpha value is -1.77. The van der Waals surface area contributed by atoms with Gasteiger partial charge in [0, 0.05) is 44.8 Å². The van der Waals surface area contributed by atoms with Crippen molar-refractivity contribution in [2.45, 2.75) is 25.8 Å². The van der Waals surface area contributed by atoms with Crippen molar-refractivity contribution in [3.05, 3.63) is 36.0 Å². The maximum absolute atomic E-state index is 11.5. The molecular weight excluding hydrogens is 441 g/mol. The number of nitrogens with zero attached hydrogens (tertiary/aromatic N) is 2. The molecule has 0 aliphatic carbocycles. The van der Waals surface area contributed by atoms with E-state index in [1.165, 1.54) is 5.39 Å². The smallest absolute Gasteiger partial charge is 0.220 e. The molecule has 1 aliphatic rings. The van der Waals surface area contributed by atoms with Crippen molar-refractivity contribution in [1.82, 2.24) is 20.5 Å². The second kappa shape index (κ2) is 9.80. The summed E-state index contributed by atoms with van der Waals surface area (Å²) in [5.41, 5.74) is 2.31. The number of hydrogen-bond acceptors (Lipinski definition) is 2. The summed E-state index contributed by atoms with van der Waals surface area (Å²) in [6, 6.07) is 10.5. The Bertz CT molecular complexity index is 716. The standard InChI is InChI=1S/C19H27N5O.HI/c1-20-18(25)11-14-7-9-24(10-8-14)19(21-2)22-13-16-12-15-5-3-4-6-17(15)23-16;/h3-6,12,14,23H,7-11,13H2,1-2H3,(H,20,25)(H,21,22);1H. The normalized spacial score (nSPS) is 15.6. The van der Waals surface area contributed by atoms with Gasteiger partial charge in [-0.3, -0.25) is 9.79 Å². The highest BCUT2D eigenvalue weighted by Gasteiger charge is 2.23. The van der Waals surface area contributed by atoms with Crippen molar-refractivity contribution < 1.29 is 4.79 Å². The first-order chi connectivity index (χ1) is 12.2. The minimum Gasteiger partial charge on any atom is -0.359 e. The number of fused-ring (bicyclic) bond motifs is 1. The van der Waals surface area contributed by atoms with Gasteiger partial charge in [-0.25, -0.2) is 0 Å². The van der Waals surface area contributed by atoms with Gasteiger partial charge >= 0.3 is 0 Å². The van der Waals surface area contributed by atoms with Crippen LogP contribution in [0.1, 0.15) is 25.0 Å². The summed E-state index contributed by atoms with van der Waals surface area (Å²) in [5.74, 6) is 1.54. The molecule has 1 fully saturated rings. The molecule has 1 amide bonds. The van der Waals surface area contributed by atoms with Crippen molar-refractivity contribution in [3.8, 4) is 0 Å². The summed E-state index contributed by atoms with van der Waals surface area (Å²) in [4.78, 5) is 21.7. The Morgan fingerprint density at radius 3 is 2.69 bits per heavy atom. The summed E-state index contributed by atoms with van der Waals surface area (Å²) in [6.07, 6.45) is 2.69. The molecule has 1 aliphatic heterocycles. The number of para-hydroxylation sites is 1. The lowest BCUT2D eigenvalue weighted by Gasteiger charge is -2.34. The Kier molecular flexibility index (Phi) is 7.74. The van der Waals surface area contributed by atoms with Crippen LogP contribution in [-0.4, -0.2) is 48.9 Å². The van der Waals surface area contributed by atoms with Crippen LogP contribution in [0.15, 0.2) is 35.3 Å². The number of nitrogens with one attached hydrogen (secondary N) is 3. The summed E-state index contributed by atoms with van der Waals surface area (Å²) < 4.78 is 0. The molecule has 7 heteroatoms. The Morgan fingerprint density at radius 1 is 1.31 bits per heavy atom. The fourth-order valence-electron chi connectivity index (χ4n) is 3.45. The van der Waals surface area contributed by atoms with Gasteiger partial charge in [-0.05, 0) is 36.3 Å². The van der Waals surface area contributed by atoms with Gasteiger partial charge in [0.15, 0.2) is 5.96 Å². The van der Waals surface area contributed by atoms with Crippen LogP contribution < -0.4 is 10.6 Å². The number of amides is 1. The lowest BCUT2D eigenvalue weighted by molar-refractivity contribution is -0.121. The summed E-state index contributed by atoms with van der Waals surface area (Å²) in [5, 5.41) is 7.39. The molecule has 142 valence electrons. The number of H-pyrrole nitrogens is 1. The molecule has 2 heterocycles. The highest BCUT2D eigenvalue weighted by molar-refractivity contribution is 14.0. The second-order valence-corrected chi connectivity index (χ2v) is 6.59. The Balaban J connectivity index is 0.00000243. The van der Waals surface area contributed by atoms with Gasteiger partial charge in [-0.2, -0.15) is 0 Å². The van der Waals surface area contributed by atoms with Crippen LogP contribution >= 0.6 is 24.0 Å². The van der Waals surface area contributed by atoms with E-state index in [2.05, 4.69) is 49.8 Å². The quantitative estimate of drug-likeness (QED) is 0.367. The molecule has 26 heavy (non-hydrogen) atoms. The van der Waals surface area contributed by atoms with Crippen LogP contribution in [0.4, 0.5) is 0 Å². The highest BCUT2D eigenvalue weighted by Crippen LogP contribution is 2.20. The third-order valence-corrected chi connectivity index (χ3v) is 4.90. The fraction of sp³-hybridized carbons (Fsp3) is 0.474. The van der Waals surface area contributed by atoms with Crippen molar-refractivity contribution in [2.75, 3.05) is 27.2 Å². The van der Waals surface area contributed by atoms with E-state index in [1.807, 2.05) is 13.1 Å². The summed E-state index contributed by atoms with van der Waals surface area (Å²) >= 11 is 0. The number of likely N-dealkylation sites (tertiary alicyclic amines) is 1. The van der Waals surface area contributed by atoms with Gasteiger partial charge in [0.05, 0.1) is 6.54 Å². The van der Waals surface area contributed by atoms with E-state index in [0.29, 0.717) is 12.3 Å². The van der Waals surface area contributed by atoms with Crippen molar-refractivity contribution in [2.24, 2.45) is 10.9 Å². The fourth-order valence-corrected chi connectivity index (χ4v) is 3.45. The average molecular weight is 469 g/mol. The predicted molar refractivity (Wildman–Crippen MR) is 117 cm³/mol. The molecular formula is C19H28IN5O. The van der Waals surface area contributed by atoms with Gasteiger partial charge in [-0.1, -0.05) is 18.2 Å². The number of guanidine groups is 1. The minimum absolute atomic E-state index is 0. The zero-order chi connectivity index (χ0) is 17.6. The molecule has 0 saturated carbocycles. The number of aliphatic imine (C=N–C) groups is 1. The van der Waals surface area contributed by atoms with E-state index < -0.39 is 0 Å². The van der Waals surface area contributed by atoms with Crippen LogP contribution in [0.2, 0.25) is 0 Å². The Labute approximate surface area is 171 Å². The molecule has 1 aromatic heterocycles. The number of carbonyl (C=O) groups is 1. The number of halogens is 1. The van der Waals surface area contributed by atoms with E-state index in [0.717, 1.165) is 49.6 Å². The predicted octanol–water partition coefficient (Wildman–Crippen LogP) is 2.71. The summed E-state index contributed by atoms with van der Waals surface area (Å²) in [6.45, 7) is 2.60. The molecule has 1 saturated heterocycles. The van der Waals surface area contributed by atoms with Crippen LogP contribution in [0.5, 0.6) is 0 Å². The molecule has 0 bridgehead atoms. The lowest BCUT2D eigenvalue weighted by Crippen LogP contribution is -2.45. The van der Waals surface area contributed by atoms with Crippen LogP contribution in [-0.2, 0) is 11.3 Å². The monoisotopic (exact) mass is 469 g/mol. The maximum Gasteiger partial charge on any atom is 0.220 e. The number of rotatable bonds is 4. The first-order valence-electron chi connectivity index (χ1n) is 8.92. The van der Waals surface area contributed by atoms with E-state index in [1.54, 1.807) is 7.05 Å². The number of carbonyl (C=O) groups excluding carboxylic acids is 1. The van der Waals surface area contributed by atoms with Gasteiger partial charge in [-0.15, -0.1) is 24.0 Å². The molecule has 6 nitrogen and oxygen atoms in total. The number of aromatic amines is 1. The van der Waals surface area contributed by atoms with Gasteiger partial charge in [0.1, 0.15) is 0 Å². The zero-order valence-corrected chi connectivity index (χ0v) is 17.7. The van der Waals surface area contributed by atoms with Crippen molar-refractivity contribution in [1.29, 1.82) is 0 Å². The van der Waals surface area contributed by atoms with Crippen LogP contribution in [0.3, 0.4) is 0 Å². The molecule has 1 aromatic carbocycles. The topological polar surface area (TPSA) is 72.5 Å². The Morgan fingerprint density at radius 2 is 2.04 bits per heavy atom. The number of aromatic nitrogens is 1. The second-order valence-electron chi connectivity index (χ2n) is 6.59. The van der Waals surface area contributed by atoms with E-state index in [4.69, 9.17) is 0 Å². The molecule has 3 N–H and O–H groups in total. The lowest BCUT2D eigenvalue weighted by atomic mass is 9.93. The van der Waals surface area contributed by atoms with Crippen molar-refractivity contribution >= 4 is 46.7 Å². The number of piperidine rings is 1. The van der Waals surface area contributed by atoms with Gasteiger partial charge in [0.25, 0.3) is 0 Å². The molecule has 0 spiro atoms. The van der Waals surface area contributed by atoms with E-state index >= 15 is 0 Å². The van der Waals surface area contributed by atoms with E-state index in [-0.39, 0.29) is 29.9 Å². The average Bonchev–Trinajstić information content (AvgIpc) is 3.06. The minimum atomic E-state index is 0.